The van der Waals surface area contributed by atoms with Crippen molar-refractivity contribution in [3.8, 4) is 0 Å². The number of thioether (sulfide) groups is 1. The summed E-state index contributed by atoms with van der Waals surface area (Å²) in [6, 6.07) is 0. The number of hydrogen-bond donors (Lipinski definition) is 1. The number of sulfonamides is 1. The fraction of sp³-hybridized carbons (Fsp3) is 0.600. The molecular weight excluding hydrogens is 272 g/mol. The first kappa shape index (κ1) is 13.6. The molecule has 1 saturated heterocycles. The third-order valence-corrected chi connectivity index (χ3v) is 5.36. The number of rotatable bonds is 4. The van der Waals surface area contributed by atoms with Crippen molar-refractivity contribution < 1.29 is 8.42 Å². The van der Waals surface area contributed by atoms with E-state index in [0.717, 1.165) is 11.5 Å². The van der Waals surface area contributed by atoms with Gasteiger partial charge in [-0.05, 0) is 6.92 Å². The van der Waals surface area contributed by atoms with Crippen molar-refractivity contribution in [1.82, 2.24) is 14.3 Å². The van der Waals surface area contributed by atoms with Crippen molar-refractivity contribution in [2.45, 2.75) is 11.8 Å². The summed E-state index contributed by atoms with van der Waals surface area (Å²) in [5.41, 5.74) is 0. The van der Waals surface area contributed by atoms with Crippen molar-refractivity contribution in [2.75, 3.05) is 36.5 Å². The fourth-order valence-electron chi connectivity index (χ4n) is 1.63. The number of nitrogens with one attached hydrogen (secondary N) is 1. The van der Waals surface area contributed by atoms with Crippen LogP contribution in [0.3, 0.4) is 0 Å². The summed E-state index contributed by atoms with van der Waals surface area (Å²) >= 11 is 1.77. The quantitative estimate of drug-likeness (QED) is 0.876. The van der Waals surface area contributed by atoms with E-state index in [1.165, 1.54) is 16.7 Å². The van der Waals surface area contributed by atoms with Crippen molar-refractivity contribution in [3.05, 3.63) is 12.4 Å². The highest BCUT2D eigenvalue weighted by Gasteiger charge is 2.26. The van der Waals surface area contributed by atoms with Gasteiger partial charge in [0.1, 0.15) is 4.90 Å². The highest BCUT2D eigenvalue weighted by molar-refractivity contribution is 7.99. The van der Waals surface area contributed by atoms with Gasteiger partial charge >= 0.3 is 0 Å². The number of hydrogen-bond acceptors (Lipinski definition) is 6. The molecule has 18 heavy (non-hydrogen) atoms. The molecule has 0 unspecified atom stereocenters. The van der Waals surface area contributed by atoms with Crippen LogP contribution in [0.1, 0.15) is 6.92 Å². The van der Waals surface area contributed by atoms with E-state index < -0.39 is 10.0 Å². The Morgan fingerprint density at radius 1 is 1.33 bits per heavy atom. The Labute approximate surface area is 111 Å². The van der Waals surface area contributed by atoms with Crippen LogP contribution in [0.25, 0.3) is 0 Å². The predicted molar refractivity (Wildman–Crippen MR) is 72.3 cm³/mol. The van der Waals surface area contributed by atoms with E-state index in [2.05, 4.69) is 15.3 Å². The molecule has 1 aromatic heterocycles. The van der Waals surface area contributed by atoms with E-state index in [9.17, 15) is 8.42 Å². The monoisotopic (exact) mass is 288 g/mol. The van der Waals surface area contributed by atoms with Crippen LogP contribution in [-0.4, -0.2) is 53.8 Å². The largest absolute Gasteiger partial charge is 0.355 e. The predicted octanol–water partition coefficient (Wildman–Crippen LogP) is 0.646. The molecule has 1 aliphatic rings. The third-order valence-electron chi connectivity index (χ3n) is 2.57. The van der Waals surface area contributed by atoms with Crippen molar-refractivity contribution in [1.29, 1.82) is 0 Å². The zero-order chi connectivity index (χ0) is 13.0. The number of aromatic nitrogens is 2. The van der Waals surface area contributed by atoms with Gasteiger partial charge in [-0.2, -0.15) is 16.1 Å². The van der Waals surface area contributed by atoms with E-state index in [4.69, 9.17) is 0 Å². The molecule has 1 aromatic rings. The van der Waals surface area contributed by atoms with E-state index >= 15 is 0 Å². The molecule has 2 heterocycles. The first-order chi connectivity index (χ1) is 8.64. The van der Waals surface area contributed by atoms with E-state index in [0.29, 0.717) is 25.6 Å². The second-order valence-corrected chi connectivity index (χ2v) is 6.95. The summed E-state index contributed by atoms with van der Waals surface area (Å²) in [5.74, 6) is 2.14. The van der Waals surface area contributed by atoms with Gasteiger partial charge in [0.05, 0.1) is 12.4 Å². The lowest BCUT2D eigenvalue weighted by atomic mass is 10.6. The molecule has 0 atom stereocenters. The Morgan fingerprint density at radius 3 is 2.50 bits per heavy atom. The molecule has 2 rings (SSSR count). The molecule has 0 bridgehead atoms. The third kappa shape index (κ3) is 2.93. The summed E-state index contributed by atoms with van der Waals surface area (Å²) in [7, 11) is -3.43. The summed E-state index contributed by atoms with van der Waals surface area (Å²) in [6.07, 6.45) is 2.73. The average molecular weight is 288 g/mol. The van der Waals surface area contributed by atoms with Crippen LogP contribution in [-0.2, 0) is 10.0 Å². The van der Waals surface area contributed by atoms with Crippen LogP contribution in [0.4, 0.5) is 5.95 Å². The molecule has 0 amide bonds. The Bertz CT molecular complexity index is 483. The van der Waals surface area contributed by atoms with Crippen molar-refractivity contribution in [2.24, 2.45) is 0 Å². The number of anilines is 1. The molecule has 100 valence electrons. The van der Waals surface area contributed by atoms with Crippen LogP contribution in [0.5, 0.6) is 0 Å². The molecule has 1 aliphatic heterocycles. The van der Waals surface area contributed by atoms with Gasteiger partial charge in [-0.3, -0.25) is 0 Å². The molecule has 0 saturated carbocycles. The molecule has 0 aliphatic carbocycles. The van der Waals surface area contributed by atoms with Crippen LogP contribution < -0.4 is 5.32 Å². The molecule has 1 N–H and O–H groups in total. The van der Waals surface area contributed by atoms with Crippen LogP contribution in [0.2, 0.25) is 0 Å². The van der Waals surface area contributed by atoms with Crippen LogP contribution in [0.15, 0.2) is 17.3 Å². The standard InChI is InChI=1S/C10H16N4O2S2/c1-2-11-10-12-7-9(8-13-10)18(15,16)14-3-5-17-6-4-14/h7-8H,2-6H2,1H3,(H,11,12,13). The smallest absolute Gasteiger partial charge is 0.246 e. The molecule has 1 fully saturated rings. The van der Waals surface area contributed by atoms with Gasteiger partial charge in [0.15, 0.2) is 0 Å². The molecule has 0 radical (unpaired) electrons. The lowest BCUT2D eigenvalue weighted by Gasteiger charge is -2.25. The van der Waals surface area contributed by atoms with Gasteiger partial charge < -0.3 is 5.32 Å². The highest BCUT2D eigenvalue weighted by Crippen LogP contribution is 2.19. The topological polar surface area (TPSA) is 75.2 Å². The lowest BCUT2D eigenvalue weighted by Crippen LogP contribution is -2.37. The zero-order valence-corrected chi connectivity index (χ0v) is 11.8. The Balaban J connectivity index is 2.18. The average Bonchev–Trinajstić information content (AvgIpc) is 2.41. The van der Waals surface area contributed by atoms with Crippen molar-refractivity contribution in [3.63, 3.8) is 0 Å². The lowest BCUT2D eigenvalue weighted by molar-refractivity contribution is 0.443. The van der Waals surface area contributed by atoms with Crippen LogP contribution >= 0.6 is 11.8 Å². The Kier molecular flexibility index (Phi) is 4.41. The van der Waals surface area contributed by atoms with Crippen molar-refractivity contribution >= 4 is 27.7 Å². The minimum atomic E-state index is -3.43. The summed E-state index contributed by atoms with van der Waals surface area (Å²) in [4.78, 5) is 8.16. The second kappa shape index (κ2) is 5.85. The fourth-order valence-corrected chi connectivity index (χ4v) is 4.10. The Morgan fingerprint density at radius 2 is 1.94 bits per heavy atom. The van der Waals surface area contributed by atoms with Gasteiger partial charge in [-0.15, -0.1) is 0 Å². The van der Waals surface area contributed by atoms with Gasteiger partial charge in [-0.25, -0.2) is 18.4 Å². The maximum absolute atomic E-state index is 12.3. The van der Waals surface area contributed by atoms with E-state index in [1.807, 2.05) is 6.92 Å². The molecule has 0 spiro atoms. The van der Waals surface area contributed by atoms with Gasteiger partial charge in [0.25, 0.3) is 0 Å². The molecule has 6 nitrogen and oxygen atoms in total. The van der Waals surface area contributed by atoms with Gasteiger partial charge in [0, 0.05) is 31.1 Å². The normalized spacial score (nSPS) is 17.6. The summed E-state index contributed by atoms with van der Waals surface area (Å²) < 4.78 is 26.0. The molecular formula is C10H16N4O2S2. The van der Waals surface area contributed by atoms with Crippen LogP contribution in [0, 0.1) is 0 Å². The molecule has 8 heteroatoms. The summed E-state index contributed by atoms with van der Waals surface area (Å²) in [6.45, 7) is 3.75. The van der Waals surface area contributed by atoms with Gasteiger partial charge in [0.2, 0.25) is 16.0 Å². The minimum absolute atomic E-state index is 0.163. The first-order valence-corrected chi connectivity index (χ1v) is 8.38. The highest BCUT2D eigenvalue weighted by atomic mass is 32.2. The maximum atomic E-state index is 12.3. The second-order valence-electron chi connectivity index (χ2n) is 3.79. The summed E-state index contributed by atoms with van der Waals surface area (Å²) in [5, 5.41) is 2.93. The SMILES string of the molecule is CCNc1ncc(S(=O)(=O)N2CCSCC2)cn1. The van der Waals surface area contributed by atoms with E-state index in [-0.39, 0.29) is 4.90 Å². The number of nitrogens with zero attached hydrogens (tertiary/aromatic N) is 3. The van der Waals surface area contributed by atoms with E-state index in [1.54, 1.807) is 11.8 Å². The first-order valence-electron chi connectivity index (χ1n) is 5.78. The zero-order valence-electron chi connectivity index (χ0n) is 10.2. The maximum Gasteiger partial charge on any atom is 0.246 e. The van der Waals surface area contributed by atoms with Gasteiger partial charge in [-0.1, -0.05) is 0 Å². The Hall–Kier alpha value is -0.860. The minimum Gasteiger partial charge on any atom is -0.355 e. The molecule has 0 aromatic carbocycles.